The molecule has 0 radical (unpaired) electrons. The minimum Gasteiger partial charge on any atom is -0.465 e. The highest BCUT2D eigenvalue weighted by atomic mass is 16.5. The predicted molar refractivity (Wildman–Crippen MR) is 70.1 cm³/mol. The predicted octanol–water partition coefficient (Wildman–Crippen LogP) is 2.51. The summed E-state index contributed by atoms with van der Waals surface area (Å²) in [6, 6.07) is 5.14. The van der Waals surface area contributed by atoms with Gasteiger partial charge >= 0.3 is 5.97 Å². The summed E-state index contributed by atoms with van der Waals surface area (Å²) in [6.45, 7) is 5.22. The first-order valence-electron chi connectivity index (χ1n) is 5.76. The zero-order valence-corrected chi connectivity index (χ0v) is 10.6. The molecule has 0 heterocycles. The number of anilines is 2. The highest BCUT2D eigenvalue weighted by molar-refractivity contribution is 5.91. The van der Waals surface area contributed by atoms with Crippen LogP contribution in [-0.2, 0) is 4.74 Å². The minimum absolute atomic E-state index is 0.370. The van der Waals surface area contributed by atoms with Crippen molar-refractivity contribution in [3.05, 3.63) is 23.8 Å². The lowest BCUT2D eigenvalue weighted by Gasteiger charge is -2.11. The van der Waals surface area contributed by atoms with Crippen LogP contribution in [0.1, 0.15) is 30.6 Å². The highest BCUT2D eigenvalue weighted by Crippen LogP contribution is 2.20. The van der Waals surface area contributed by atoms with E-state index in [0.29, 0.717) is 17.2 Å². The van der Waals surface area contributed by atoms with Gasteiger partial charge in [0, 0.05) is 6.54 Å². The first-order chi connectivity index (χ1) is 8.04. The lowest BCUT2D eigenvalue weighted by molar-refractivity contribution is 0.0601. The average Bonchev–Trinajstić information content (AvgIpc) is 2.29. The van der Waals surface area contributed by atoms with E-state index >= 15 is 0 Å². The summed E-state index contributed by atoms with van der Waals surface area (Å²) in [4.78, 5) is 11.3. The van der Waals surface area contributed by atoms with Crippen molar-refractivity contribution < 1.29 is 9.53 Å². The van der Waals surface area contributed by atoms with Crippen molar-refractivity contribution >= 4 is 17.3 Å². The SMILES string of the molecule is COC(=O)c1ccc(NCCC(C)C)c(N)c1. The van der Waals surface area contributed by atoms with Crippen molar-refractivity contribution in [3.8, 4) is 0 Å². The lowest BCUT2D eigenvalue weighted by Crippen LogP contribution is -2.08. The van der Waals surface area contributed by atoms with Gasteiger partial charge in [-0.15, -0.1) is 0 Å². The molecular weight excluding hydrogens is 216 g/mol. The van der Waals surface area contributed by atoms with Gasteiger partial charge in [-0.1, -0.05) is 13.8 Å². The van der Waals surface area contributed by atoms with E-state index in [9.17, 15) is 4.79 Å². The first kappa shape index (κ1) is 13.4. The molecule has 4 nitrogen and oxygen atoms in total. The molecule has 0 bridgehead atoms. The number of nitrogens with two attached hydrogens (primary N) is 1. The molecule has 17 heavy (non-hydrogen) atoms. The van der Waals surface area contributed by atoms with Gasteiger partial charge in [0.2, 0.25) is 0 Å². The number of rotatable bonds is 5. The van der Waals surface area contributed by atoms with Crippen LogP contribution in [0.15, 0.2) is 18.2 Å². The number of hydrogen-bond donors (Lipinski definition) is 2. The zero-order chi connectivity index (χ0) is 12.8. The number of esters is 1. The van der Waals surface area contributed by atoms with Crippen molar-refractivity contribution in [1.82, 2.24) is 0 Å². The van der Waals surface area contributed by atoms with Crippen molar-refractivity contribution in [2.75, 3.05) is 24.7 Å². The van der Waals surface area contributed by atoms with E-state index in [1.165, 1.54) is 7.11 Å². The second-order valence-corrected chi connectivity index (χ2v) is 4.40. The van der Waals surface area contributed by atoms with Crippen LogP contribution in [0.5, 0.6) is 0 Å². The Kier molecular flexibility index (Phi) is 4.82. The maximum atomic E-state index is 11.3. The molecule has 0 fully saturated rings. The fraction of sp³-hybridized carbons (Fsp3) is 0.462. The molecular formula is C13H20N2O2. The molecule has 4 heteroatoms. The van der Waals surface area contributed by atoms with Gasteiger partial charge in [-0.05, 0) is 30.5 Å². The highest BCUT2D eigenvalue weighted by Gasteiger charge is 2.07. The number of methoxy groups -OCH3 is 1. The molecule has 94 valence electrons. The van der Waals surface area contributed by atoms with Crippen LogP contribution in [0, 0.1) is 5.92 Å². The molecule has 0 unspecified atom stereocenters. The summed E-state index contributed by atoms with van der Waals surface area (Å²) >= 11 is 0. The van der Waals surface area contributed by atoms with Crippen LogP contribution in [0.3, 0.4) is 0 Å². The monoisotopic (exact) mass is 236 g/mol. The van der Waals surface area contributed by atoms with Gasteiger partial charge < -0.3 is 15.8 Å². The quantitative estimate of drug-likeness (QED) is 0.609. The zero-order valence-electron chi connectivity index (χ0n) is 10.6. The Bertz CT molecular complexity index is 389. The maximum absolute atomic E-state index is 11.3. The topological polar surface area (TPSA) is 64.3 Å². The van der Waals surface area contributed by atoms with Gasteiger partial charge in [-0.25, -0.2) is 4.79 Å². The Morgan fingerprint density at radius 3 is 2.71 bits per heavy atom. The molecule has 0 aliphatic heterocycles. The molecule has 3 N–H and O–H groups in total. The summed E-state index contributed by atoms with van der Waals surface area (Å²) in [5, 5.41) is 3.25. The third-order valence-corrected chi connectivity index (χ3v) is 2.51. The van der Waals surface area contributed by atoms with E-state index in [1.54, 1.807) is 12.1 Å². The Balaban J connectivity index is 2.66. The van der Waals surface area contributed by atoms with Crippen LogP contribution in [0.4, 0.5) is 11.4 Å². The second-order valence-electron chi connectivity index (χ2n) is 4.40. The van der Waals surface area contributed by atoms with Crippen LogP contribution in [0.2, 0.25) is 0 Å². The third kappa shape index (κ3) is 3.98. The maximum Gasteiger partial charge on any atom is 0.337 e. The largest absolute Gasteiger partial charge is 0.465 e. The molecule has 1 aromatic rings. The van der Waals surface area contributed by atoms with E-state index in [4.69, 9.17) is 5.73 Å². The fourth-order valence-electron chi connectivity index (χ4n) is 1.46. The van der Waals surface area contributed by atoms with Gasteiger partial charge in [0.1, 0.15) is 0 Å². The molecule has 0 atom stereocenters. The summed E-state index contributed by atoms with van der Waals surface area (Å²) < 4.78 is 4.63. The molecule has 0 saturated heterocycles. The average molecular weight is 236 g/mol. The van der Waals surface area contributed by atoms with Gasteiger partial charge in [0.15, 0.2) is 0 Å². The number of carbonyl (C=O) groups is 1. The van der Waals surface area contributed by atoms with E-state index < -0.39 is 0 Å². The number of nitrogens with one attached hydrogen (secondary N) is 1. The molecule has 0 saturated carbocycles. The van der Waals surface area contributed by atoms with Gasteiger partial charge in [-0.2, -0.15) is 0 Å². The normalized spacial score (nSPS) is 10.4. The molecule has 1 aromatic carbocycles. The molecule has 1 rings (SSSR count). The standard InChI is InChI=1S/C13H20N2O2/c1-9(2)6-7-15-12-5-4-10(8-11(12)14)13(16)17-3/h4-5,8-9,15H,6-7,14H2,1-3H3. The molecule has 0 aliphatic rings. The Morgan fingerprint density at radius 2 is 2.18 bits per heavy atom. The molecule has 0 spiro atoms. The van der Waals surface area contributed by atoms with Crippen molar-refractivity contribution in [1.29, 1.82) is 0 Å². The van der Waals surface area contributed by atoms with Crippen molar-refractivity contribution in [2.45, 2.75) is 20.3 Å². The minimum atomic E-state index is -0.370. The molecule has 0 amide bonds. The van der Waals surface area contributed by atoms with Crippen molar-refractivity contribution in [2.24, 2.45) is 5.92 Å². The smallest absolute Gasteiger partial charge is 0.337 e. The van der Waals surface area contributed by atoms with E-state index in [-0.39, 0.29) is 5.97 Å². The first-order valence-corrected chi connectivity index (χ1v) is 5.76. The van der Waals surface area contributed by atoms with Crippen LogP contribution < -0.4 is 11.1 Å². The Hall–Kier alpha value is -1.71. The summed E-state index contributed by atoms with van der Waals surface area (Å²) in [7, 11) is 1.35. The summed E-state index contributed by atoms with van der Waals surface area (Å²) in [5.41, 5.74) is 7.76. The Labute approximate surface area is 102 Å². The Morgan fingerprint density at radius 1 is 1.47 bits per heavy atom. The van der Waals surface area contributed by atoms with Crippen LogP contribution >= 0.6 is 0 Å². The third-order valence-electron chi connectivity index (χ3n) is 2.51. The number of benzene rings is 1. The van der Waals surface area contributed by atoms with Gasteiger partial charge in [0.25, 0.3) is 0 Å². The summed E-state index contributed by atoms with van der Waals surface area (Å²) in [5.74, 6) is 0.281. The number of nitrogen functional groups attached to an aromatic ring is 1. The van der Waals surface area contributed by atoms with E-state index in [0.717, 1.165) is 18.7 Å². The second kappa shape index (κ2) is 6.13. The van der Waals surface area contributed by atoms with Crippen LogP contribution in [0.25, 0.3) is 0 Å². The summed E-state index contributed by atoms with van der Waals surface area (Å²) in [6.07, 6.45) is 1.08. The molecule has 0 aliphatic carbocycles. The number of carbonyl (C=O) groups excluding carboxylic acids is 1. The van der Waals surface area contributed by atoms with Gasteiger partial charge in [0.05, 0.1) is 24.0 Å². The number of ether oxygens (including phenoxy) is 1. The van der Waals surface area contributed by atoms with E-state index in [2.05, 4.69) is 23.9 Å². The van der Waals surface area contributed by atoms with E-state index in [1.807, 2.05) is 6.07 Å². The lowest BCUT2D eigenvalue weighted by atomic mass is 10.1. The van der Waals surface area contributed by atoms with Crippen molar-refractivity contribution in [3.63, 3.8) is 0 Å². The molecule has 0 aromatic heterocycles. The van der Waals surface area contributed by atoms with Gasteiger partial charge in [-0.3, -0.25) is 0 Å². The fourth-order valence-corrected chi connectivity index (χ4v) is 1.46. The van der Waals surface area contributed by atoms with Crippen LogP contribution in [-0.4, -0.2) is 19.6 Å². The number of hydrogen-bond acceptors (Lipinski definition) is 4.